The second kappa shape index (κ2) is 14.0. The van der Waals surface area contributed by atoms with Gasteiger partial charge in [-0.2, -0.15) is 0 Å². The summed E-state index contributed by atoms with van der Waals surface area (Å²) in [7, 11) is 0. The summed E-state index contributed by atoms with van der Waals surface area (Å²) in [6, 6.07) is 16.7. The fraction of sp³-hybridized carbons (Fsp3) is 0.556. The molecule has 2 atom stereocenters. The van der Waals surface area contributed by atoms with Crippen molar-refractivity contribution in [3.05, 3.63) is 54.1 Å². The molecule has 2 aromatic rings. The van der Waals surface area contributed by atoms with E-state index >= 15 is 0 Å². The van der Waals surface area contributed by atoms with Crippen LogP contribution in [0.1, 0.15) is 84.1 Å². The van der Waals surface area contributed by atoms with Gasteiger partial charge in [0.25, 0.3) is 0 Å². The number of hydrogen-bond acceptors (Lipinski definition) is 3. The fourth-order valence-electron chi connectivity index (χ4n) is 3.49. The maximum atomic E-state index is 6.39. The highest BCUT2D eigenvalue weighted by atomic mass is 16.5. The molecule has 0 aromatic heterocycles. The van der Waals surface area contributed by atoms with Crippen LogP contribution in [0.4, 0.5) is 5.69 Å². The van der Waals surface area contributed by atoms with Crippen molar-refractivity contribution in [3.8, 4) is 11.5 Å². The maximum Gasteiger partial charge on any atom is 0.123 e. The van der Waals surface area contributed by atoms with Crippen LogP contribution in [0.15, 0.2) is 48.5 Å². The lowest BCUT2D eigenvalue weighted by Crippen LogP contribution is -2.26. The molecule has 1 N–H and O–H groups in total. The van der Waals surface area contributed by atoms with Crippen molar-refractivity contribution in [2.45, 2.75) is 84.7 Å². The second-order valence-corrected chi connectivity index (χ2v) is 8.17. The van der Waals surface area contributed by atoms with Gasteiger partial charge in [0.15, 0.2) is 0 Å². The molecule has 0 spiro atoms. The molecule has 0 saturated heterocycles. The van der Waals surface area contributed by atoms with Crippen LogP contribution in [-0.2, 0) is 0 Å². The van der Waals surface area contributed by atoms with Gasteiger partial charge < -0.3 is 14.8 Å². The minimum absolute atomic E-state index is 0.123. The van der Waals surface area contributed by atoms with Gasteiger partial charge in [0.05, 0.1) is 13.2 Å². The van der Waals surface area contributed by atoms with Gasteiger partial charge in [0.1, 0.15) is 17.6 Å². The van der Waals surface area contributed by atoms with E-state index in [-0.39, 0.29) is 6.10 Å². The van der Waals surface area contributed by atoms with E-state index in [2.05, 4.69) is 75.5 Å². The van der Waals surface area contributed by atoms with Gasteiger partial charge in [0.2, 0.25) is 0 Å². The predicted octanol–water partition coefficient (Wildman–Crippen LogP) is 7.82. The van der Waals surface area contributed by atoms with Crippen LogP contribution in [0, 0.1) is 0 Å². The fourth-order valence-corrected chi connectivity index (χ4v) is 3.49. The van der Waals surface area contributed by atoms with E-state index in [0.717, 1.165) is 49.6 Å². The first-order chi connectivity index (χ1) is 14.7. The smallest absolute Gasteiger partial charge is 0.123 e. The van der Waals surface area contributed by atoms with Gasteiger partial charge >= 0.3 is 0 Å². The molecule has 2 rings (SSSR count). The van der Waals surface area contributed by atoms with Crippen molar-refractivity contribution in [1.29, 1.82) is 0 Å². The minimum Gasteiger partial charge on any atom is -0.494 e. The molecule has 3 heteroatoms. The number of unbranched alkanes of at least 4 members (excludes halogenated alkanes) is 4. The maximum absolute atomic E-state index is 6.39. The van der Waals surface area contributed by atoms with E-state index in [1.807, 2.05) is 6.07 Å². The topological polar surface area (TPSA) is 30.5 Å². The van der Waals surface area contributed by atoms with Crippen molar-refractivity contribution in [3.63, 3.8) is 0 Å². The van der Waals surface area contributed by atoms with Crippen molar-refractivity contribution in [2.75, 3.05) is 18.5 Å². The molecule has 0 aliphatic rings. The Labute approximate surface area is 184 Å². The highest BCUT2D eigenvalue weighted by Crippen LogP contribution is 2.29. The number of anilines is 1. The predicted molar refractivity (Wildman–Crippen MR) is 129 cm³/mol. The summed E-state index contributed by atoms with van der Waals surface area (Å²) in [6.07, 6.45) is 8.47. The standard InChI is InChI=1S/C27H41NO2/c1-5-8-9-10-13-19-29-25-16-14-15-23(20-25)28-21-24(7-3)30-27-18-12-11-17-26(27)22(4)6-2/h11-12,14-18,20,22,24,28H,5-10,13,19,21H2,1-4H3. The third kappa shape index (κ3) is 8.30. The Kier molecular flexibility index (Phi) is 11.2. The largest absolute Gasteiger partial charge is 0.494 e. The summed E-state index contributed by atoms with van der Waals surface area (Å²) < 4.78 is 12.3. The SMILES string of the molecule is CCCCCCCOc1cccc(NCC(CC)Oc2ccccc2C(C)CC)c1. The van der Waals surface area contributed by atoms with Gasteiger partial charge in [-0.15, -0.1) is 0 Å². The van der Waals surface area contributed by atoms with Crippen LogP contribution >= 0.6 is 0 Å². The number of benzene rings is 2. The number of rotatable bonds is 15. The Bertz CT molecular complexity index is 716. The van der Waals surface area contributed by atoms with E-state index in [4.69, 9.17) is 9.47 Å². The van der Waals surface area contributed by atoms with E-state index in [0.29, 0.717) is 5.92 Å². The summed E-state index contributed by atoms with van der Waals surface area (Å²) in [5.74, 6) is 2.45. The molecule has 0 aliphatic heterocycles. The van der Waals surface area contributed by atoms with Crippen molar-refractivity contribution in [2.24, 2.45) is 0 Å². The normalized spacial score (nSPS) is 12.9. The molecule has 0 heterocycles. The van der Waals surface area contributed by atoms with Gasteiger partial charge in [-0.05, 0) is 48.9 Å². The van der Waals surface area contributed by atoms with E-state index < -0.39 is 0 Å². The Morgan fingerprint density at radius 2 is 1.67 bits per heavy atom. The minimum atomic E-state index is 0.123. The molecule has 0 amide bonds. The summed E-state index contributed by atoms with van der Waals surface area (Å²) in [6.45, 7) is 10.5. The molecule has 0 fully saturated rings. The highest BCUT2D eigenvalue weighted by molar-refractivity contribution is 5.48. The van der Waals surface area contributed by atoms with E-state index in [9.17, 15) is 0 Å². The van der Waals surface area contributed by atoms with Gasteiger partial charge in [-0.3, -0.25) is 0 Å². The summed E-state index contributed by atoms with van der Waals surface area (Å²) in [4.78, 5) is 0. The third-order valence-corrected chi connectivity index (χ3v) is 5.70. The first kappa shape index (κ1) is 24.1. The Balaban J connectivity index is 1.85. The highest BCUT2D eigenvalue weighted by Gasteiger charge is 2.14. The van der Waals surface area contributed by atoms with Crippen LogP contribution in [-0.4, -0.2) is 19.3 Å². The van der Waals surface area contributed by atoms with E-state index in [1.165, 1.54) is 31.2 Å². The van der Waals surface area contributed by atoms with Gasteiger partial charge in [-0.1, -0.05) is 77.6 Å². The lowest BCUT2D eigenvalue weighted by atomic mass is 9.98. The molecule has 3 nitrogen and oxygen atoms in total. The van der Waals surface area contributed by atoms with Crippen molar-refractivity contribution < 1.29 is 9.47 Å². The second-order valence-electron chi connectivity index (χ2n) is 8.17. The molecular formula is C27H41NO2. The Hall–Kier alpha value is -2.16. The molecule has 0 aliphatic carbocycles. The molecule has 0 radical (unpaired) electrons. The zero-order chi connectivity index (χ0) is 21.6. The van der Waals surface area contributed by atoms with Gasteiger partial charge in [0, 0.05) is 11.8 Å². The molecule has 2 unspecified atom stereocenters. The van der Waals surface area contributed by atoms with Crippen LogP contribution < -0.4 is 14.8 Å². The van der Waals surface area contributed by atoms with Crippen LogP contribution in [0.2, 0.25) is 0 Å². The molecule has 0 saturated carbocycles. The van der Waals surface area contributed by atoms with E-state index in [1.54, 1.807) is 0 Å². The number of hydrogen-bond donors (Lipinski definition) is 1. The summed E-state index contributed by atoms with van der Waals surface area (Å²) in [5, 5.41) is 3.53. The molecule has 0 bridgehead atoms. The van der Waals surface area contributed by atoms with Crippen LogP contribution in [0.25, 0.3) is 0 Å². The quantitative estimate of drug-likeness (QED) is 0.303. The molecular weight excluding hydrogens is 370 g/mol. The summed E-state index contributed by atoms with van der Waals surface area (Å²) in [5.41, 5.74) is 2.38. The average Bonchev–Trinajstić information content (AvgIpc) is 2.79. The number of para-hydroxylation sites is 1. The number of ether oxygens (including phenoxy) is 2. The average molecular weight is 412 g/mol. The van der Waals surface area contributed by atoms with Crippen LogP contribution in [0.3, 0.4) is 0 Å². The lowest BCUT2D eigenvalue weighted by Gasteiger charge is -2.22. The van der Waals surface area contributed by atoms with Crippen molar-refractivity contribution in [1.82, 2.24) is 0 Å². The zero-order valence-electron chi connectivity index (χ0n) is 19.5. The first-order valence-corrected chi connectivity index (χ1v) is 11.9. The molecule has 30 heavy (non-hydrogen) atoms. The lowest BCUT2D eigenvalue weighted by molar-refractivity contribution is 0.207. The monoisotopic (exact) mass is 411 g/mol. The van der Waals surface area contributed by atoms with Crippen LogP contribution in [0.5, 0.6) is 11.5 Å². The first-order valence-electron chi connectivity index (χ1n) is 11.9. The Morgan fingerprint density at radius 1 is 0.867 bits per heavy atom. The van der Waals surface area contributed by atoms with Crippen molar-refractivity contribution >= 4 is 5.69 Å². The van der Waals surface area contributed by atoms with Gasteiger partial charge in [-0.25, -0.2) is 0 Å². The zero-order valence-corrected chi connectivity index (χ0v) is 19.5. The Morgan fingerprint density at radius 3 is 2.43 bits per heavy atom. The molecule has 2 aromatic carbocycles. The summed E-state index contributed by atoms with van der Waals surface area (Å²) >= 11 is 0. The molecule has 166 valence electrons. The number of nitrogens with one attached hydrogen (secondary N) is 1. The third-order valence-electron chi connectivity index (χ3n) is 5.70.